The third-order valence-electron chi connectivity index (χ3n) is 2.90. The van der Waals surface area contributed by atoms with Gasteiger partial charge in [0.05, 0.1) is 12.7 Å². The molecule has 0 aliphatic heterocycles. The highest BCUT2D eigenvalue weighted by atomic mass is 35.5. The largest absolute Gasteiger partial charge is 1.00 e. The van der Waals surface area contributed by atoms with Crippen molar-refractivity contribution in [1.82, 2.24) is 0 Å². The van der Waals surface area contributed by atoms with Crippen molar-refractivity contribution in [3.05, 3.63) is 65.5 Å². The van der Waals surface area contributed by atoms with Gasteiger partial charge in [-0.2, -0.15) is 0 Å². The Morgan fingerprint density at radius 1 is 1.19 bits per heavy atom. The summed E-state index contributed by atoms with van der Waals surface area (Å²) >= 11 is 0. The van der Waals surface area contributed by atoms with E-state index >= 15 is 0 Å². The molecule has 0 saturated carbocycles. The molecule has 0 radical (unpaired) electrons. The zero-order chi connectivity index (χ0) is 14.5. The Bertz CT molecular complexity index is 671. The van der Waals surface area contributed by atoms with Crippen LogP contribution < -0.4 is 18.1 Å². The van der Waals surface area contributed by atoms with E-state index in [0.717, 1.165) is 11.3 Å². The zero-order valence-corrected chi connectivity index (χ0v) is 12.2. The van der Waals surface area contributed by atoms with Gasteiger partial charge in [0.1, 0.15) is 11.5 Å². The minimum absolute atomic E-state index is 0. The second-order valence-corrected chi connectivity index (χ2v) is 4.26. The number of methoxy groups -OCH3 is 1. The molecule has 0 unspecified atom stereocenters. The summed E-state index contributed by atoms with van der Waals surface area (Å²) < 4.78 is 18.1. The molecule has 110 valence electrons. The van der Waals surface area contributed by atoms with Gasteiger partial charge in [-0.05, 0) is 35.9 Å². The molecule has 0 aromatic heterocycles. The van der Waals surface area contributed by atoms with Crippen molar-refractivity contribution < 1.29 is 32.1 Å². The first-order valence-corrected chi connectivity index (χ1v) is 6.09. The van der Waals surface area contributed by atoms with Gasteiger partial charge in [0.15, 0.2) is 0 Å². The lowest BCUT2D eigenvalue weighted by Gasteiger charge is -2.06. The van der Waals surface area contributed by atoms with Crippen LogP contribution in [0.1, 0.15) is 11.1 Å². The maximum Gasteiger partial charge on any atom is 0.338 e. The molecule has 2 aromatic rings. The van der Waals surface area contributed by atoms with Crippen LogP contribution in [0.3, 0.4) is 0 Å². The van der Waals surface area contributed by atoms with E-state index in [9.17, 15) is 9.18 Å². The Hall–Kier alpha value is -2.17. The molecular weight excluding hydrogens is 293 g/mol. The van der Waals surface area contributed by atoms with Crippen molar-refractivity contribution in [1.29, 1.82) is 0 Å². The molecule has 0 fully saturated rings. The van der Waals surface area contributed by atoms with Crippen molar-refractivity contribution in [2.24, 2.45) is 0 Å². The van der Waals surface area contributed by atoms with Crippen LogP contribution in [-0.2, 0) is 9.53 Å². The molecule has 0 aliphatic carbocycles. The summed E-state index contributed by atoms with van der Waals surface area (Å²) in [5.74, 6) is -0.918. The molecule has 0 heterocycles. The molecule has 0 spiro atoms. The Labute approximate surface area is 128 Å². The summed E-state index contributed by atoms with van der Waals surface area (Å²) in [7, 11) is 1.30. The van der Waals surface area contributed by atoms with Crippen LogP contribution in [-0.4, -0.2) is 13.1 Å². The molecule has 0 amide bonds. The van der Waals surface area contributed by atoms with E-state index in [1.54, 1.807) is 18.2 Å². The van der Waals surface area contributed by atoms with Crippen LogP contribution in [0.2, 0.25) is 0 Å². The number of rotatable bonds is 3. The predicted octanol–water partition coefficient (Wildman–Crippen LogP) is -0.583. The van der Waals surface area contributed by atoms with E-state index in [4.69, 9.17) is 4.74 Å². The summed E-state index contributed by atoms with van der Waals surface area (Å²) in [6.45, 7) is 0. The molecule has 2 aromatic carbocycles. The van der Waals surface area contributed by atoms with E-state index in [0.29, 0.717) is 11.1 Å². The number of esters is 1. The van der Waals surface area contributed by atoms with Gasteiger partial charge in [-0.15, -0.1) is 0 Å². The normalized spacial score (nSPS) is 10.7. The van der Waals surface area contributed by atoms with Crippen molar-refractivity contribution >= 4 is 23.3 Å². The summed E-state index contributed by atoms with van der Waals surface area (Å²) in [6.07, 6.45) is 1.66. The predicted molar refractivity (Wildman–Crippen MR) is 75.3 cm³/mol. The van der Waals surface area contributed by atoms with Gasteiger partial charge >= 0.3 is 5.97 Å². The number of ether oxygens (including phenoxy) is 1. The minimum atomic E-state index is -0.515. The topological polar surface area (TPSA) is 53.9 Å². The molecule has 3 N–H and O–H groups in total. The van der Waals surface area contributed by atoms with Crippen molar-refractivity contribution in [3.8, 4) is 0 Å². The Balaban J connectivity index is 0.00000220. The van der Waals surface area contributed by atoms with Gasteiger partial charge in [0, 0.05) is 5.56 Å². The molecule has 0 bridgehead atoms. The van der Waals surface area contributed by atoms with Gasteiger partial charge in [-0.1, -0.05) is 24.3 Å². The zero-order valence-electron chi connectivity index (χ0n) is 11.5. The van der Waals surface area contributed by atoms with E-state index in [1.807, 2.05) is 24.3 Å². The Kier molecular flexibility index (Phi) is 6.09. The lowest BCUT2D eigenvalue weighted by atomic mass is 10.0. The Morgan fingerprint density at radius 2 is 1.90 bits per heavy atom. The van der Waals surface area contributed by atoms with E-state index in [2.05, 4.69) is 5.73 Å². The third kappa shape index (κ3) is 4.15. The molecular formula is C16H15ClFNO2. The summed E-state index contributed by atoms with van der Waals surface area (Å²) in [6, 6.07) is 13.2. The van der Waals surface area contributed by atoms with Gasteiger partial charge in [-0.3, -0.25) is 0 Å². The number of carbonyl (C=O) groups excluding carboxylic acids is 1. The smallest absolute Gasteiger partial charge is 0.338 e. The van der Waals surface area contributed by atoms with Crippen LogP contribution in [0.25, 0.3) is 11.6 Å². The van der Waals surface area contributed by atoms with Gasteiger partial charge in [0.25, 0.3) is 0 Å². The number of benzene rings is 2. The molecule has 5 heteroatoms. The van der Waals surface area contributed by atoms with Crippen LogP contribution in [0.4, 0.5) is 10.1 Å². The van der Waals surface area contributed by atoms with Crippen LogP contribution in [0.5, 0.6) is 0 Å². The minimum Gasteiger partial charge on any atom is -1.00 e. The van der Waals surface area contributed by atoms with Gasteiger partial charge in [0.2, 0.25) is 0 Å². The number of carbonyl (C=O) groups is 1. The highest BCUT2D eigenvalue weighted by Gasteiger charge is 2.14. The molecule has 0 saturated heterocycles. The summed E-state index contributed by atoms with van der Waals surface area (Å²) in [4.78, 5) is 11.9. The van der Waals surface area contributed by atoms with E-state index < -0.39 is 11.8 Å². The number of quaternary nitrogens is 1. The molecule has 3 nitrogen and oxygen atoms in total. The molecule has 0 aliphatic rings. The van der Waals surface area contributed by atoms with Crippen LogP contribution in [0, 0.1) is 5.82 Å². The first-order valence-electron chi connectivity index (χ1n) is 6.09. The fourth-order valence-electron chi connectivity index (χ4n) is 1.86. The fraction of sp³-hybridized carbons (Fsp3) is 0.0625. The first kappa shape index (κ1) is 16.9. The number of halogens is 2. The average Bonchev–Trinajstić information content (AvgIpc) is 2.45. The Morgan fingerprint density at radius 3 is 2.52 bits per heavy atom. The average molecular weight is 308 g/mol. The lowest BCUT2D eigenvalue weighted by Crippen LogP contribution is -3.00. The monoisotopic (exact) mass is 307 g/mol. The molecule has 21 heavy (non-hydrogen) atoms. The number of hydrogen-bond donors (Lipinski definition) is 1. The number of hydrogen-bond acceptors (Lipinski definition) is 2. The lowest BCUT2D eigenvalue weighted by molar-refractivity contribution is -0.255. The SMILES string of the molecule is COC(=O)/C(=C/c1ccccc1[NH3+])c1cccc(F)c1.[Cl-]. The van der Waals surface area contributed by atoms with E-state index in [1.165, 1.54) is 19.2 Å². The van der Waals surface area contributed by atoms with Crippen LogP contribution in [0.15, 0.2) is 48.5 Å². The van der Waals surface area contributed by atoms with Crippen molar-refractivity contribution in [2.75, 3.05) is 7.11 Å². The van der Waals surface area contributed by atoms with Crippen molar-refractivity contribution in [2.45, 2.75) is 0 Å². The standard InChI is InChI=1S/C16H14FNO2.ClH/c1-20-16(19)14(11-6-4-7-13(17)9-11)10-12-5-2-3-8-15(12)18;/h2-10H,18H2,1H3;1H/b14-10+;. The highest BCUT2D eigenvalue weighted by Crippen LogP contribution is 2.22. The quantitative estimate of drug-likeness (QED) is 0.468. The maximum absolute atomic E-state index is 13.3. The summed E-state index contributed by atoms with van der Waals surface area (Å²) in [5, 5.41) is 0. The van der Waals surface area contributed by atoms with Crippen LogP contribution >= 0.6 is 0 Å². The van der Waals surface area contributed by atoms with E-state index in [-0.39, 0.29) is 12.4 Å². The van der Waals surface area contributed by atoms with Crippen molar-refractivity contribution in [3.63, 3.8) is 0 Å². The van der Waals surface area contributed by atoms with Gasteiger partial charge in [-0.25, -0.2) is 9.18 Å². The third-order valence-corrected chi connectivity index (χ3v) is 2.90. The molecule has 2 rings (SSSR count). The first-order chi connectivity index (χ1) is 9.61. The van der Waals surface area contributed by atoms with Gasteiger partial charge < -0.3 is 22.9 Å². The second-order valence-electron chi connectivity index (χ2n) is 4.26. The molecule has 0 atom stereocenters. The fourth-order valence-corrected chi connectivity index (χ4v) is 1.86. The maximum atomic E-state index is 13.3. The highest BCUT2D eigenvalue weighted by molar-refractivity contribution is 6.21. The second kappa shape index (κ2) is 7.57. The summed E-state index contributed by atoms with van der Waals surface area (Å²) in [5.41, 5.74) is 6.24.